The molecule has 0 radical (unpaired) electrons. The first-order valence-corrected chi connectivity index (χ1v) is 7.06. The molecule has 0 aromatic carbocycles. The molecule has 0 bridgehead atoms. The Morgan fingerprint density at radius 3 is 2.83 bits per heavy atom. The molecule has 0 saturated carbocycles. The fourth-order valence-corrected chi connectivity index (χ4v) is 2.54. The monoisotopic (exact) mass is 283 g/mol. The lowest BCUT2D eigenvalue weighted by molar-refractivity contribution is 0.631. The molecule has 0 unspecified atom stereocenters. The van der Waals surface area contributed by atoms with Gasteiger partial charge in [-0.25, -0.2) is 4.68 Å². The molecule has 96 valence electrons. The molecule has 0 atom stereocenters. The highest BCUT2D eigenvalue weighted by Gasteiger charge is 2.07. The van der Waals surface area contributed by atoms with Gasteiger partial charge in [0.15, 0.2) is 5.16 Å². The Labute approximate surface area is 115 Å². The number of nitrogens with zero attached hydrogens (tertiary/aromatic N) is 5. The summed E-state index contributed by atoms with van der Waals surface area (Å²) in [5, 5.41) is 4.91. The lowest BCUT2D eigenvalue weighted by Crippen LogP contribution is -2.04. The Hall–Kier alpha value is -1.14. The van der Waals surface area contributed by atoms with Crippen molar-refractivity contribution in [2.45, 2.75) is 25.4 Å². The van der Waals surface area contributed by atoms with Crippen molar-refractivity contribution in [1.29, 1.82) is 0 Å². The summed E-state index contributed by atoms with van der Waals surface area (Å²) >= 11 is 7.48. The van der Waals surface area contributed by atoms with Crippen LogP contribution in [0.5, 0.6) is 0 Å². The van der Waals surface area contributed by atoms with Crippen LogP contribution in [-0.2, 0) is 0 Å². The van der Waals surface area contributed by atoms with E-state index in [2.05, 4.69) is 33.9 Å². The third kappa shape index (κ3) is 3.68. The van der Waals surface area contributed by atoms with Crippen molar-refractivity contribution in [3.63, 3.8) is 0 Å². The summed E-state index contributed by atoms with van der Waals surface area (Å²) in [5.74, 6) is 2.09. The second-order valence-electron chi connectivity index (χ2n) is 4.17. The largest absolute Gasteiger partial charge is 0.255 e. The summed E-state index contributed by atoms with van der Waals surface area (Å²) in [6.07, 6.45) is 4.56. The standard InChI is InChI=1S/C11H14ClN5S/c1-8(2)4-7-18-11-15-9(12)14-10(16-11)17-6-3-5-13-17/h3,5-6,8H,4,7H2,1-2H3. The van der Waals surface area contributed by atoms with Crippen molar-refractivity contribution < 1.29 is 0 Å². The molecule has 0 aliphatic rings. The van der Waals surface area contributed by atoms with Crippen LogP contribution in [0.15, 0.2) is 23.6 Å². The van der Waals surface area contributed by atoms with Crippen LogP contribution in [0, 0.1) is 5.92 Å². The highest BCUT2D eigenvalue weighted by Crippen LogP contribution is 2.18. The van der Waals surface area contributed by atoms with Crippen molar-refractivity contribution in [1.82, 2.24) is 24.7 Å². The second-order valence-corrected chi connectivity index (χ2v) is 5.57. The van der Waals surface area contributed by atoms with Gasteiger partial charge >= 0.3 is 0 Å². The highest BCUT2D eigenvalue weighted by atomic mass is 35.5. The van der Waals surface area contributed by atoms with E-state index in [0.29, 0.717) is 17.0 Å². The zero-order chi connectivity index (χ0) is 13.0. The maximum atomic E-state index is 5.89. The summed E-state index contributed by atoms with van der Waals surface area (Å²) < 4.78 is 1.57. The third-order valence-corrected chi connectivity index (χ3v) is 3.26. The van der Waals surface area contributed by atoms with Crippen molar-refractivity contribution in [2.75, 3.05) is 5.75 Å². The summed E-state index contributed by atoms with van der Waals surface area (Å²) in [4.78, 5) is 12.5. The molecule has 2 rings (SSSR count). The van der Waals surface area contributed by atoms with E-state index in [1.165, 1.54) is 0 Å². The van der Waals surface area contributed by atoms with Crippen LogP contribution in [0.2, 0.25) is 5.28 Å². The minimum atomic E-state index is 0.197. The molecule has 0 saturated heterocycles. The van der Waals surface area contributed by atoms with E-state index in [1.54, 1.807) is 28.8 Å². The number of hydrogen-bond donors (Lipinski definition) is 0. The van der Waals surface area contributed by atoms with Crippen molar-refractivity contribution in [2.24, 2.45) is 5.92 Å². The smallest absolute Gasteiger partial charge is 0.206 e. The Morgan fingerprint density at radius 1 is 1.33 bits per heavy atom. The Morgan fingerprint density at radius 2 is 2.17 bits per heavy atom. The molecule has 0 spiro atoms. The number of aromatic nitrogens is 5. The Bertz CT molecular complexity index is 500. The predicted octanol–water partition coefficient (Wildman–Crippen LogP) is 2.85. The molecule has 2 heterocycles. The fraction of sp³-hybridized carbons (Fsp3) is 0.455. The summed E-state index contributed by atoms with van der Waals surface area (Å²) in [6.45, 7) is 4.38. The van der Waals surface area contributed by atoms with E-state index in [9.17, 15) is 0 Å². The minimum Gasteiger partial charge on any atom is -0.206 e. The van der Waals surface area contributed by atoms with E-state index in [-0.39, 0.29) is 5.28 Å². The van der Waals surface area contributed by atoms with Crippen LogP contribution in [0.3, 0.4) is 0 Å². The first-order chi connectivity index (χ1) is 8.65. The molecule has 0 aliphatic heterocycles. The average molecular weight is 284 g/mol. The normalized spacial score (nSPS) is 11.1. The third-order valence-electron chi connectivity index (χ3n) is 2.21. The summed E-state index contributed by atoms with van der Waals surface area (Å²) in [6, 6.07) is 1.81. The fourth-order valence-electron chi connectivity index (χ4n) is 1.26. The van der Waals surface area contributed by atoms with Gasteiger partial charge in [-0.15, -0.1) is 0 Å². The molecule has 0 amide bonds. The Kier molecular flexibility index (Phi) is 4.54. The highest BCUT2D eigenvalue weighted by molar-refractivity contribution is 7.99. The molecule has 5 nitrogen and oxygen atoms in total. The van der Waals surface area contributed by atoms with Gasteiger partial charge in [-0.3, -0.25) is 0 Å². The van der Waals surface area contributed by atoms with E-state index in [1.807, 2.05) is 6.07 Å². The predicted molar refractivity (Wildman–Crippen MR) is 72.1 cm³/mol. The zero-order valence-corrected chi connectivity index (χ0v) is 11.8. The van der Waals surface area contributed by atoms with Gasteiger partial charge in [-0.1, -0.05) is 25.6 Å². The van der Waals surface area contributed by atoms with Gasteiger partial charge in [-0.2, -0.15) is 20.1 Å². The van der Waals surface area contributed by atoms with E-state index in [4.69, 9.17) is 11.6 Å². The van der Waals surface area contributed by atoms with E-state index >= 15 is 0 Å². The minimum absolute atomic E-state index is 0.197. The first-order valence-electron chi connectivity index (χ1n) is 5.69. The van der Waals surface area contributed by atoms with E-state index < -0.39 is 0 Å². The van der Waals surface area contributed by atoms with Gasteiger partial charge in [0.1, 0.15) is 0 Å². The molecular formula is C11H14ClN5S. The molecule has 7 heteroatoms. The first kappa shape index (κ1) is 13.3. The van der Waals surface area contributed by atoms with Crippen LogP contribution in [0.4, 0.5) is 0 Å². The van der Waals surface area contributed by atoms with Gasteiger partial charge in [0, 0.05) is 18.1 Å². The second kappa shape index (κ2) is 6.15. The molecule has 18 heavy (non-hydrogen) atoms. The number of hydrogen-bond acceptors (Lipinski definition) is 5. The van der Waals surface area contributed by atoms with Crippen LogP contribution >= 0.6 is 23.4 Å². The maximum Gasteiger partial charge on any atom is 0.255 e. The maximum absolute atomic E-state index is 5.89. The molecule has 0 aliphatic carbocycles. The molecule has 2 aromatic heterocycles. The van der Waals surface area contributed by atoms with Crippen molar-refractivity contribution in [3.8, 4) is 5.95 Å². The number of halogens is 1. The van der Waals surface area contributed by atoms with Gasteiger partial charge in [0.05, 0.1) is 0 Å². The number of thioether (sulfide) groups is 1. The van der Waals surface area contributed by atoms with Crippen molar-refractivity contribution >= 4 is 23.4 Å². The van der Waals surface area contributed by atoms with E-state index in [0.717, 1.165) is 12.2 Å². The lowest BCUT2D eigenvalue weighted by atomic mass is 10.2. The van der Waals surface area contributed by atoms with Gasteiger partial charge < -0.3 is 0 Å². The molecule has 0 N–H and O–H groups in total. The summed E-state index contributed by atoms with van der Waals surface area (Å²) in [5.41, 5.74) is 0. The van der Waals surface area contributed by atoms with Crippen molar-refractivity contribution in [3.05, 3.63) is 23.7 Å². The van der Waals surface area contributed by atoms with Gasteiger partial charge in [0.25, 0.3) is 5.95 Å². The zero-order valence-electron chi connectivity index (χ0n) is 10.2. The van der Waals surface area contributed by atoms with Gasteiger partial charge in [-0.05, 0) is 30.0 Å². The number of rotatable bonds is 5. The lowest BCUT2D eigenvalue weighted by Gasteiger charge is -2.05. The van der Waals surface area contributed by atoms with Crippen LogP contribution < -0.4 is 0 Å². The quantitative estimate of drug-likeness (QED) is 0.790. The molecule has 2 aromatic rings. The van der Waals surface area contributed by atoms with Gasteiger partial charge in [0.2, 0.25) is 5.28 Å². The van der Waals surface area contributed by atoms with Crippen LogP contribution in [0.1, 0.15) is 20.3 Å². The average Bonchev–Trinajstić information content (AvgIpc) is 2.81. The van der Waals surface area contributed by atoms with Crippen LogP contribution in [-0.4, -0.2) is 30.5 Å². The molecular weight excluding hydrogens is 270 g/mol. The summed E-state index contributed by atoms with van der Waals surface area (Å²) in [7, 11) is 0. The molecule has 0 fully saturated rings. The Balaban J connectivity index is 2.12. The van der Waals surface area contributed by atoms with Crippen LogP contribution in [0.25, 0.3) is 5.95 Å². The SMILES string of the molecule is CC(C)CCSc1nc(Cl)nc(-n2cccn2)n1. The topological polar surface area (TPSA) is 56.5 Å².